The second-order valence-electron chi connectivity index (χ2n) is 7.92. The molecule has 0 unspecified atom stereocenters. The number of hydrogen-bond acceptors (Lipinski definition) is 11. The summed E-state index contributed by atoms with van der Waals surface area (Å²) in [5, 5.41) is 58.1. The zero-order valence-electron chi connectivity index (χ0n) is 18.3. The summed E-state index contributed by atoms with van der Waals surface area (Å²) in [6.45, 7) is 0.713. The molecule has 0 radical (unpaired) electrons. The van der Waals surface area contributed by atoms with E-state index in [-0.39, 0.29) is 18.1 Å². The number of hydrogen-bond donors (Lipinski definition) is 5. The van der Waals surface area contributed by atoms with Crippen molar-refractivity contribution >= 4 is 6.21 Å². The van der Waals surface area contributed by atoms with E-state index in [1.54, 1.807) is 10.7 Å². The summed E-state index contributed by atoms with van der Waals surface area (Å²) in [6, 6.07) is 3.28. The summed E-state index contributed by atoms with van der Waals surface area (Å²) in [5.41, 5.74) is 1.93. The van der Waals surface area contributed by atoms with Crippen molar-refractivity contribution in [3.63, 3.8) is 0 Å². The minimum atomic E-state index is -1.16. The summed E-state index contributed by atoms with van der Waals surface area (Å²) < 4.78 is 12.5. The third-order valence-electron chi connectivity index (χ3n) is 5.40. The van der Waals surface area contributed by atoms with Crippen LogP contribution < -0.4 is 0 Å². The van der Waals surface area contributed by atoms with Crippen molar-refractivity contribution < 1.29 is 35.1 Å². The average molecular weight is 466 g/mol. The van der Waals surface area contributed by atoms with Crippen LogP contribution in [0.2, 0.25) is 0 Å². The third kappa shape index (κ3) is 7.17. The highest BCUT2D eigenvalue weighted by molar-refractivity contribution is 5.80. The molecule has 0 aliphatic carbocycles. The number of pyridine rings is 1. The molecule has 0 aromatic carbocycles. The van der Waals surface area contributed by atoms with Gasteiger partial charge in [0.1, 0.15) is 29.8 Å². The summed E-state index contributed by atoms with van der Waals surface area (Å²) >= 11 is 0. The van der Waals surface area contributed by atoms with Gasteiger partial charge in [-0.1, -0.05) is 10.4 Å². The van der Waals surface area contributed by atoms with Crippen molar-refractivity contribution in [1.29, 1.82) is 0 Å². The molecule has 3 heterocycles. The first-order valence-electron chi connectivity index (χ1n) is 11.0. The molecule has 12 heteroatoms. The van der Waals surface area contributed by atoms with Crippen LogP contribution in [0.15, 0.2) is 23.5 Å². The average Bonchev–Trinajstić information content (AvgIpc) is 3.38. The summed E-state index contributed by atoms with van der Waals surface area (Å²) in [4.78, 5) is 4.25. The van der Waals surface area contributed by atoms with Crippen LogP contribution in [0.3, 0.4) is 0 Å². The number of aliphatic hydroxyl groups excluding tert-OH is 3. The number of nitrogens with zero attached hydrogens (tertiary/aromatic N) is 5. The standard InChI is InChI=1S/C21H31N5O7/c27-13-18-19(29)20(30)21(33-18)32-10-4-2-6-15-12-26(25-24-15)9-3-1-5-14-7-8-17(28)16(23-14)11-22-31/h7-8,11-12,18-21,27-31H,1-6,9-10,13H2/b22-11+/t18-,19-,20-,21-/m1/s1. The van der Waals surface area contributed by atoms with Crippen molar-refractivity contribution in [2.75, 3.05) is 13.2 Å². The third-order valence-corrected chi connectivity index (χ3v) is 5.40. The predicted octanol–water partition coefficient (Wildman–Crippen LogP) is -0.0120. The van der Waals surface area contributed by atoms with Crippen molar-refractivity contribution in [1.82, 2.24) is 20.0 Å². The van der Waals surface area contributed by atoms with E-state index in [9.17, 15) is 15.3 Å². The first-order chi connectivity index (χ1) is 16.0. The molecule has 1 fully saturated rings. The van der Waals surface area contributed by atoms with Gasteiger partial charge in [0, 0.05) is 25.0 Å². The van der Waals surface area contributed by atoms with Gasteiger partial charge in [-0.25, -0.2) is 4.98 Å². The van der Waals surface area contributed by atoms with Crippen LogP contribution in [0.1, 0.15) is 42.8 Å². The normalized spacial score (nSPS) is 23.0. The molecule has 0 amide bonds. The Bertz CT molecular complexity index is 894. The fourth-order valence-electron chi connectivity index (χ4n) is 3.55. The number of aryl methyl sites for hydroxylation is 3. The second-order valence-corrected chi connectivity index (χ2v) is 7.92. The number of rotatable bonds is 13. The van der Waals surface area contributed by atoms with Gasteiger partial charge in [-0.15, -0.1) is 5.10 Å². The van der Waals surface area contributed by atoms with Crippen LogP contribution in [0.5, 0.6) is 5.75 Å². The molecule has 0 saturated carbocycles. The van der Waals surface area contributed by atoms with E-state index >= 15 is 0 Å². The van der Waals surface area contributed by atoms with Crippen molar-refractivity contribution in [2.24, 2.45) is 5.16 Å². The number of oxime groups is 1. The predicted molar refractivity (Wildman–Crippen MR) is 115 cm³/mol. The molecule has 12 nitrogen and oxygen atoms in total. The van der Waals surface area contributed by atoms with Gasteiger partial charge in [0.25, 0.3) is 0 Å². The molecule has 1 saturated heterocycles. The van der Waals surface area contributed by atoms with Gasteiger partial charge >= 0.3 is 0 Å². The van der Waals surface area contributed by atoms with E-state index in [2.05, 4.69) is 20.5 Å². The van der Waals surface area contributed by atoms with Crippen molar-refractivity contribution in [2.45, 2.75) is 69.7 Å². The van der Waals surface area contributed by atoms with Crippen LogP contribution in [0.25, 0.3) is 0 Å². The molecule has 33 heavy (non-hydrogen) atoms. The van der Waals surface area contributed by atoms with Crippen LogP contribution in [0, 0.1) is 0 Å². The first-order valence-corrected chi connectivity index (χ1v) is 11.0. The lowest BCUT2D eigenvalue weighted by molar-refractivity contribution is -0.169. The summed E-state index contributed by atoms with van der Waals surface area (Å²) in [6.07, 6.45) is 3.73. The molecular weight excluding hydrogens is 434 g/mol. The molecular formula is C21H31N5O7. The Kier molecular flexibility index (Phi) is 9.51. The second kappa shape index (κ2) is 12.6. The molecule has 2 aromatic heterocycles. The monoisotopic (exact) mass is 465 g/mol. The van der Waals surface area contributed by atoms with E-state index < -0.39 is 24.6 Å². The van der Waals surface area contributed by atoms with Crippen LogP contribution >= 0.6 is 0 Å². The SMILES string of the molecule is OC[C@H]1O[C@@H](OCCCCc2cn(CCCCc3ccc(O)c(/C=N/O)n3)nn2)[C@H](O)[C@@H]1O. The topological polar surface area (TPSA) is 176 Å². The Morgan fingerprint density at radius 1 is 1.09 bits per heavy atom. The fraction of sp³-hybridized carbons (Fsp3) is 0.619. The quantitative estimate of drug-likeness (QED) is 0.117. The maximum Gasteiger partial charge on any atom is 0.186 e. The van der Waals surface area contributed by atoms with Gasteiger partial charge < -0.3 is 35.1 Å². The fourth-order valence-corrected chi connectivity index (χ4v) is 3.55. The van der Waals surface area contributed by atoms with E-state index in [1.807, 2.05) is 6.20 Å². The largest absolute Gasteiger partial charge is 0.506 e. The smallest absolute Gasteiger partial charge is 0.186 e. The van der Waals surface area contributed by atoms with Crippen LogP contribution in [-0.4, -0.2) is 89.6 Å². The minimum absolute atomic E-state index is 0.0307. The Morgan fingerprint density at radius 3 is 2.64 bits per heavy atom. The van der Waals surface area contributed by atoms with Crippen molar-refractivity contribution in [3.05, 3.63) is 35.4 Å². The number of aromatic hydroxyl groups is 1. The highest BCUT2D eigenvalue weighted by Gasteiger charge is 2.42. The maximum absolute atomic E-state index is 9.83. The minimum Gasteiger partial charge on any atom is -0.506 e. The lowest BCUT2D eigenvalue weighted by Crippen LogP contribution is -2.34. The van der Waals surface area contributed by atoms with Gasteiger partial charge in [-0.05, 0) is 50.7 Å². The number of ether oxygens (including phenoxy) is 2. The highest BCUT2D eigenvalue weighted by Crippen LogP contribution is 2.22. The summed E-state index contributed by atoms with van der Waals surface area (Å²) in [5.74, 6) is -0.0307. The molecule has 3 rings (SSSR count). The Morgan fingerprint density at radius 2 is 1.88 bits per heavy atom. The van der Waals surface area contributed by atoms with Gasteiger partial charge in [0.2, 0.25) is 0 Å². The zero-order valence-corrected chi connectivity index (χ0v) is 18.3. The molecule has 1 aliphatic heterocycles. The first kappa shape index (κ1) is 25.0. The molecule has 4 atom stereocenters. The molecule has 1 aliphatic rings. The molecule has 0 bridgehead atoms. The van der Waals surface area contributed by atoms with E-state index in [4.69, 9.17) is 19.8 Å². The van der Waals surface area contributed by atoms with E-state index in [0.29, 0.717) is 6.61 Å². The highest BCUT2D eigenvalue weighted by atomic mass is 16.7. The van der Waals surface area contributed by atoms with E-state index in [0.717, 1.165) is 62.7 Å². The van der Waals surface area contributed by atoms with Gasteiger partial charge in [0.15, 0.2) is 6.29 Å². The van der Waals surface area contributed by atoms with Gasteiger partial charge in [-0.3, -0.25) is 4.68 Å². The van der Waals surface area contributed by atoms with Crippen LogP contribution in [-0.2, 0) is 28.9 Å². The van der Waals surface area contributed by atoms with E-state index in [1.165, 1.54) is 6.07 Å². The summed E-state index contributed by atoms with van der Waals surface area (Å²) in [7, 11) is 0. The lowest BCUT2D eigenvalue weighted by atomic mass is 10.1. The molecule has 2 aromatic rings. The number of aromatic nitrogens is 4. The Hall–Kier alpha value is -2.64. The molecule has 5 N–H and O–H groups in total. The number of aliphatic hydroxyl groups is 3. The van der Waals surface area contributed by atoms with Crippen LogP contribution in [0.4, 0.5) is 0 Å². The van der Waals surface area contributed by atoms with Crippen molar-refractivity contribution in [3.8, 4) is 5.75 Å². The maximum atomic E-state index is 9.83. The lowest BCUT2D eigenvalue weighted by Gasteiger charge is -2.15. The zero-order chi connectivity index (χ0) is 23.6. The Balaban J connectivity index is 1.29. The molecule has 182 valence electrons. The Labute approximate surface area is 191 Å². The van der Waals surface area contributed by atoms with Gasteiger partial charge in [0.05, 0.1) is 18.5 Å². The van der Waals surface area contributed by atoms with Gasteiger partial charge in [-0.2, -0.15) is 0 Å². The molecule has 0 spiro atoms. The number of unbranched alkanes of at least 4 members (excludes halogenated alkanes) is 2.